The molecule has 4 fully saturated rings. The van der Waals surface area contributed by atoms with Crippen LogP contribution in [0.15, 0.2) is 36.0 Å². The number of fused-ring (bicyclic) bond motifs is 5. The van der Waals surface area contributed by atoms with Crippen LogP contribution in [0, 0.1) is 52.3 Å². The Morgan fingerprint density at radius 1 is 0.833 bits per heavy atom. The van der Waals surface area contributed by atoms with E-state index in [-0.39, 0.29) is 24.1 Å². The summed E-state index contributed by atoms with van der Waals surface area (Å²) in [5.41, 5.74) is 2.12. The highest BCUT2D eigenvalue weighted by Gasteiger charge is 2.59. The normalized spacial score (nSPS) is 36.5. The third-order valence-electron chi connectivity index (χ3n) is 17.0. The van der Waals surface area contributed by atoms with Gasteiger partial charge in [-0.3, -0.25) is 4.79 Å². The summed E-state index contributed by atoms with van der Waals surface area (Å²) in [6, 6.07) is 0. The van der Waals surface area contributed by atoms with Crippen molar-refractivity contribution in [3.63, 3.8) is 0 Å². The molecule has 5 rings (SSSR count). The zero-order valence-electron chi connectivity index (χ0n) is 39.3. The predicted octanol–water partition coefficient (Wildman–Crippen LogP) is 12.2. The molecule has 7 nitrogen and oxygen atoms in total. The smallest absolute Gasteiger partial charge is 0.305 e. The molecule has 0 aromatic carbocycles. The molecule has 60 heavy (non-hydrogen) atoms. The number of aliphatic hydroxyl groups is 3. The van der Waals surface area contributed by atoms with E-state index in [1.807, 2.05) is 0 Å². The van der Waals surface area contributed by atoms with Crippen LogP contribution in [0.1, 0.15) is 196 Å². The number of carbonyl (C=O) groups is 1. The maximum Gasteiger partial charge on any atom is 0.305 e. The Morgan fingerprint density at radius 3 is 2.27 bits per heavy atom. The average Bonchev–Trinajstić information content (AvgIpc) is 3.59. The lowest BCUT2D eigenvalue weighted by molar-refractivity contribution is -0.313. The molecule has 14 atom stereocenters. The van der Waals surface area contributed by atoms with Crippen LogP contribution in [0.2, 0.25) is 0 Å². The van der Waals surface area contributed by atoms with Crippen LogP contribution in [0.4, 0.5) is 0 Å². The lowest BCUT2D eigenvalue weighted by Gasteiger charge is -2.58. The molecular weight excluding hydrogens is 749 g/mol. The number of aliphatic hydroxyl groups excluding tert-OH is 3. The Hall–Kier alpha value is -1.51. The second-order valence-electron chi connectivity index (χ2n) is 21.1. The number of rotatable bonds is 24. The standard InChI is InChI=1S/C53H90O7/c1-8-10-11-12-13-14-15-16-17-18-19-20-21-22-23-24-47(54)58-36-46-48(55)49(56)50(57)51(60-46)59-41-31-33-52(6)40(35-41)27-28-42-44-30-29-43(53(44,7)34-32-45(42)52)38(5)25-26-39(9-2)37(3)4/h13-14,16-17,27,37-39,41-46,48-51,55-57H,8-12,15,18-26,28-36H2,1-7H3/b14-13-,17-16-. The summed E-state index contributed by atoms with van der Waals surface area (Å²) in [6.45, 7) is 17.0. The summed E-state index contributed by atoms with van der Waals surface area (Å²) < 4.78 is 18.0. The minimum Gasteiger partial charge on any atom is -0.463 e. The molecule has 3 saturated carbocycles. The monoisotopic (exact) mass is 839 g/mol. The summed E-state index contributed by atoms with van der Waals surface area (Å²) in [7, 11) is 0. The highest BCUT2D eigenvalue weighted by molar-refractivity contribution is 5.69. The van der Waals surface area contributed by atoms with E-state index in [0.717, 1.165) is 106 Å². The van der Waals surface area contributed by atoms with Crippen molar-refractivity contribution in [2.75, 3.05) is 6.61 Å². The van der Waals surface area contributed by atoms with Crippen LogP contribution >= 0.6 is 0 Å². The number of carbonyl (C=O) groups excluding carboxylic acids is 1. The number of ether oxygens (including phenoxy) is 3. The fourth-order valence-corrected chi connectivity index (χ4v) is 13.1. The van der Waals surface area contributed by atoms with E-state index in [4.69, 9.17) is 14.2 Å². The van der Waals surface area contributed by atoms with Gasteiger partial charge in [-0.05, 0) is 149 Å². The quantitative estimate of drug-likeness (QED) is 0.0505. The molecule has 0 amide bonds. The number of unbranched alkanes of at least 4 members (excludes halogenated alkanes) is 8. The van der Waals surface area contributed by atoms with Gasteiger partial charge in [0, 0.05) is 6.42 Å². The molecule has 5 aliphatic rings. The van der Waals surface area contributed by atoms with E-state index >= 15 is 0 Å². The van der Waals surface area contributed by atoms with Gasteiger partial charge in [0.1, 0.15) is 31.0 Å². The van der Waals surface area contributed by atoms with Crippen LogP contribution < -0.4 is 0 Å². The molecule has 0 aromatic heterocycles. The van der Waals surface area contributed by atoms with Crippen molar-refractivity contribution in [2.24, 2.45) is 52.3 Å². The van der Waals surface area contributed by atoms with E-state index in [2.05, 4.69) is 78.8 Å². The highest BCUT2D eigenvalue weighted by Crippen LogP contribution is 2.67. The fraction of sp³-hybridized carbons (Fsp3) is 0.868. The van der Waals surface area contributed by atoms with Crippen LogP contribution in [-0.4, -0.2) is 64.7 Å². The number of hydrogen-bond donors (Lipinski definition) is 3. The van der Waals surface area contributed by atoms with Crippen molar-refractivity contribution in [1.29, 1.82) is 0 Å². The first kappa shape index (κ1) is 49.5. The average molecular weight is 839 g/mol. The topological polar surface area (TPSA) is 105 Å². The maximum absolute atomic E-state index is 12.6. The summed E-state index contributed by atoms with van der Waals surface area (Å²) in [5, 5.41) is 32.5. The first-order valence-electron chi connectivity index (χ1n) is 25.3. The number of allylic oxidation sites excluding steroid dienone is 5. The van der Waals surface area contributed by atoms with E-state index < -0.39 is 30.7 Å². The van der Waals surface area contributed by atoms with Crippen LogP contribution in [0.3, 0.4) is 0 Å². The highest BCUT2D eigenvalue weighted by atomic mass is 16.7. The SMILES string of the molecule is CCCCC/C=C\C/C=C\CCCCCCCC(=O)OCC1OC(OC2CCC3(C)C(=CCC4C3CCC3(C)C(C(C)CCC(CC)C(C)C)CCC43)C2)C(O)C(O)C1O. The minimum absolute atomic E-state index is 0.146. The van der Waals surface area contributed by atoms with Crippen molar-refractivity contribution >= 4 is 5.97 Å². The molecule has 344 valence electrons. The Balaban J connectivity index is 1.03. The number of hydrogen-bond acceptors (Lipinski definition) is 7. The molecular formula is C53H90O7. The third-order valence-corrected chi connectivity index (χ3v) is 17.0. The van der Waals surface area contributed by atoms with Gasteiger partial charge >= 0.3 is 5.97 Å². The Labute approximate surface area is 367 Å². The van der Waals surface area contributed by atoms with Gasteiger partial charge in [-0.2, -0.15) is 0 Å². The Bertz CT molecular complexity index is 1370. The van der Waals surface area contributed by atoms with Crippen LogP contribution in [-0.2, 0) is 19.0 Å². The third kappa shape index (κ3) is 12.6. The van der Waals surface area contributed by atoms with E-state index in [9.17, 15) is 20.1 Å². The van der Waals surface area contributed by atoms with Crippen molar-refractivity contribution in [3.05, 3.63) is 36.0 Å². The van der Waals surface area contributed by atoms with Gasteiger partial charge in [0.15, 0.2) is 6.29 Å². The molecule has 0 spiro atoms. The molecule has 0 aromatic rings. The Morgan fingerprint density at radius 2 is 1.55 bits per heavy atom. The maximum atomic E-state index is 12.6. The lowest BCUT2D eigenvalue weighted by atomic mass is 9.47. The molecule has 1 heterocycles. The predicted molar refractivity (Wildman–Crippen MR) is 244 cm³/mol. The zero-order chi connectivity index (χ0) is 43.3. The first-order valence-corrected chi connectivity index (χ1v) is 25.3. The van der Waals surface area contributed by atoms with E-state index in [1.165, 1.54) is 76.2 Å². The van der Waals surface area contributed by atoms with Crippen molar-refractivity contribution in [1.82, 2.24) is 0 Å². The van der Waals surface area contributed by atoms with Gasteiger partial charge in [0.25, 0.3) is 0 Å². The fourth-order valence-electron chi connectivity index (χ4n) is 13.1. The summed E-state index contributed by atoms with van der Waals surface area (Å²) >= 11 is 0. The van der Waals surface area contributed by atoms with Gasteiger partial charge in [0.05, 0.1) is 6.10 Å². The van der Waals surface area contributed by atoms with Crippen molar-refractivity contribution in [2.45, 2.75) is 233 Å². The van der Waals surface area contributed by atoms with Gasteiger partial charge in [-0.25, -0.2) is 0 Å². The summed E-state index contributed by atoms with van der Waals surface area (Å²) in [4.78, 5) is 12.6. The number of esters is 1. The molecule has 7 heteroatoms. The van der Waals surface area contributed by atoms with Crippen molar-refractivity contribution < 1.29 is 34.3 Å². The lowest BCUT2D eigenvalue weighted by Crippen LogP contribution is -2.60. The second kappa shape index (κ2) is 24.0. The van der Waals surface area contributed by atoms with E-state index in [1.54, 1.807) is 0 Å². The molecule has 0 radical (unpaired) electrons. The first-order chi connectivity index (χ1) is 28.8. The van der Waals surface area contributed by atoms with Crippen molar-refractivity contribution in [3.8, 4) is 0 Å². The Kier molecular flexibility index (Phi) is 19.8. The zero-order valence-corrected chi connectivity index (χ0v) is 39.3. The molecule has 4 aliphatic carbocycles. The second-order valence-corrected chi connectivity index (χ2v) is 21.1. The van der Waals surface area contributed by atoms with Gasteiger partial charge in [-0.15, -0.1) is 0 Å². The van der Waals surface area contributed by atoms with Gasteiger partial charge in [0.2, 0.25) is 0 Å². The van der Waals surface area contributed by atoms with Crippen LogP contribution in [0.5, 0.6) is 0 Å². The summed E-state index contributed by atoms with van der Waals surface area (Å²) in [5.74, 6) is 5.20. The van der Waals surface area contributed by atoms with Crippen LogP contribution in [0.25, 0.3) is 0 Å². The molecule has 14 unspecified atom stereocenters. The molecule has 0 bridgehead atoms. The minimum atomic E-state index is -1.45. The van der Waals surface area contributed by atoms with Gasteiger partial charge < -0.3 is 29.5 Å². The molecule has 3 N–H and O–H groups in total. The van der Waals surface area contributed by atoms with Gasteiger partial charge in [-0.1, -0.05) is 129 Å². The molecule has 1 saturated heterocycles. The summed E-state index contributed by atoms with van der Waals surface area (Å²) in [6.07, 6.45) is 31.2. The largest absolute Gasteiger partial charge is 0.463 e. The molecule has 1 aliphatic heterocycles. The van der Waals surface area contributed by atoms with E-state index in [0.29, 0.717) is 17.8 Å².